The van der Waals surface area contributed by atoms with Crippen LogP contribution in [0.5, 0.6) is 0 Å². The molecule has 2 aromatic carbocycles. The van der Waals surface area contributed by atoms with Gasteiger partial charge in [0.05, 0.1) is 16.8 Å². The zero-order valence-electron chi connectivity index (χ0n) is 17.8. The van der Waals surface area contributed by atoms with E-state index in [9.17, 15) is 26.8 Å². The van der Waals surface area contributed by atoms with Crippen LogP contribution in [0.4, 0.5) is 13.6 Å². The topological polar surface area (TPSA) is 110 Å². The lowest BCUT2D eigenvalue weighted by Gasteiger charge is -2.25. The molecule has 0 saturated heterocycles. The molecule has 0 aliphatic heterocycles. The Balaban J connectivity index is 2.18. The van der Waals surface area contributed by atoms with Crippen LogP contribution in [-0.2, 0) is 19.4 Å². The SMILES string of the molecule is C[C@H](COC(=O)NCCCCC(=O)O)[C@@H](c1cc(F)ccc1F)S(=O)(=O)c1ccc(Cl)cc1. The number of nitrogens with one attached hydrogen (secondary N) is 1. The molecule has 0 fully saturated rings. The average Bonchev–Trinajstić information content (AvgIpc) is 2.74. The third-order valence-electron chi connectivity index (χ3n) is 4.82. The maximum absolute atomic E-state index is 14.6. The molecule has 0 aliphatic rings. The molecule has 7 nitrogen and oxygen atoms in total. The maximum atomic E-state index is 14.6. The number of ether oxygens (including phenoxy) is 1. The average molecular weight is 504 g/mol. The van der Waals surface area contributed by atoms with Crippen LogP contribution in [0.15, 0.2) is 47.4 Å². The molecule has 0 spiro atoms. The minimum absolute atomic E-state index is 0.0306. The molecule has 2 N–H and O–H groups in total. The van der Waals surface area contributed by atoms with Gasteiger partial charge in [-0.2, -0.15) is 0 Å². The number of halogens is 3. The number of carbonyl (C=O) groups excluding carboxylic acids is 1. The van der Waals surface area contributed by atoms with Gasteiger partial charge in [-0.1, -0.05) is 18.5 Å². The van der Waals surface area contributed by atoms with Gasteiger partial charge in [0.25, 0.3) is 0 Å². The number of aliphatic carboxylic acids is 1. The number of carboxylic acids is 1. The first-order chi connectivity index (χ1) is 15.5. The fourth-order valence-electron chi connectivity index (χ4n) is 3.22. The van der Waals surface area contributed by atoms with Crippen LogP contribution < -0.4 is 5.32 Å². The Morgan fingerprint density at radius 1 is 1.12 bits per heavy atom. The normalized spacial score (nSPS) is 13.2. The zero-order chi connectivity index (χ0) is 24.6. The van der Waals surface area contributed by atoms with Crippen LogP contribution >= 0.6 is 11.6 Å². The molecule has 0 heterocycles. The maximum Gasteiger partial charge on any atom is 0.407 e. The van der Waals surface area contributed by atoms with Crippen molar-refractivity contribution in [3.63, 3.8) is 0 Å². The summed E-state index contributed by atoms with van der Waals surface area (Å²) >= 11 is 5.83. The second-order valence-corrected chi connectivity index (χ2v) is 9.94. The number of carboxylic acid groups (broad SMARTS) is 1. The summed E-state index contributed by atoms with van der Waals surface area (Å²) in [5, 5.41) is 9.79. The highest BCUT2D eigenvalue weighted by atomic mass is 35.5. The molecule has 1 amide bonds. The van der Waals surface area contributed by atoms with Gasteiger partial charge in [0.2, 0.25) is 0 Å². The summed E-state index contributed by atoms with van der Waals surface area (Å²) in [5.41, 5.74) is -0.380. The molecular formula is C22H24ClF2NO6S. The number of unbranched alkanes of at least 4 members (excludes halogenated alkanes) is 1. The van der Waals surface area contributed by atoms with E-state index in [1.165, 1.54) is 31.2 Å². The lowest BCUT2D eigenvalue weighted by Crippen LogP contribution is -2.30. The van der Waals surface area contributed by atoms with Crippen LogP contribution in [0, 0.1) is 17.6 Å². The Hall–Kier alpha value is -2.72. The van der Waals surface area contributed by atoms with E-state index in [1.54, 1.807) is 0 Å². The summed E-state index contributed by atoms with van der Waals surface area (Å²) in [6.07, 6.45) is -0.0813. The minimum atomic E-state index is -4.22. The molecular weight excluding hydrogens is 480 g/mol. The van der Waals surface area contributed by atoms with Crippen LogP contribution in [0.1, 0.15) is 37.0 Å². The summed E-state index contributed by atoms with van der Waals surface area (Å²) in [6.45, 7) is 1.22. The highest BCUT2D eigenvalue weighted by Gasteiger charge is 2.36. The predicted molar refractivity (Wildman–Crippen MR) is 118 cm³/mol. The number of rotatable bonds is 11. The molecule has 0 unspecified atom stereocenters. The Labute approximate surface area is 195 Å². The molecule has 0 radical (unpaired) electrons. The first-order valence-corrected chi connectivity index (χ1v) is 12.0. The number of carbonyl (C=O) groups is 2. The quantitative estimate of drug-likeness (QED) is 0.428. The number of hydrogen-bond acceptors (Lipinski definition) is 5. The molecule has 2 atom stereocenters. The van der Waals surface area contributed by atoms with Gasteiger partial charge in [-0.25, -0.2) is 22.0 Å². The Morgan fingerprint density at radius 2 is 1.79 bits per heavy atom. The lowest BCUT2D eigenvalue weighted by molar-refractivity contribution is -0.137. The summed E-state index contributed by atoms with van der Waals surface area (Å²) in [7, 11) is -4.22. The van der Waals surface area contributed by atoms with Crippen molar-refractivity contribution < 1.29 is 36.6 Å². The molecule has 2 aromatic rings. The third-order valence-corrected chi connectivity index (χ3v) is 7.39. The van der Waals surface area contributed by atoms with E-state index >= 15 is 0 Å². The Morgan fingerprint density at radius 3 is 2.42 bits per heavy atom. The van der Waals surface area contributed by atoms with Crippen LogP contribution in [0.2, 0.25) is 5.02 Å². The van der Waals surface area contributed by atoms with Gasteiger partial charge in [-0.05, 0) is 55.3 Å². The van der Waals surface area contributed by atoms with Crippen LogP contribution in [0.3, 0.4) is 0 Å². The highest BCUT2D eigenvalue weighted by molar-refractivity contribution is 7.91. The van der Waals surface area contributed by atoms with Gasteiger partial charge < -0.3 is 15.2 Å². The number of sulfone groups is 1. The molecule has 0 saturated carbocycles. The van der Waals surface area contributed by atoms with Crippen molar-refractivity contribution in [2.45, 2.75) is 36.3 Å². The van der Waals surface area contributed by atoms with E-state index in [-0.39, 0.29) is 23.4 Å². The summed E-state index contributed by atoms with van der Waals surface area (Å²) in [4.78, 5) is 22.3. The van der Waals surface area contributed by atoms with Gasteiger partial charge in [-0.3, -0.25) is 4.79 Å². The number of amides is 1. The zero-order valence-corrected chi connectivity index (χ0v) is 19.3. The van der Waals surface area contributed by atoms with Crippen LogP contribution in [0.25, 0.3) is 0 Å². The predicted octanol–water partition coefficient (Wildman–Crippen LogP) is 4.75. The first kappa shape index (κ1) is 26.5. The second-order valence-electron chi connectivity index (χ2n) is 7.44. The second kappa shape index (κ2) is 11.9. The number of alkyl carbamates (subject to hydrolysis) is 1. The van der Waals surface area contributed by atoms with Crippen molar-refractivity contribution >= 4 is 33.5 Å². The van der Waals surface area contributed by atoms with E-state index < -0.39 is 51.3 Å². The van der Waals surface area contributed by atoms with Gasteiger partial charge in [0, 0.05) is 29.5 Å². The van der Waals surface area contributed by atoms with Gasteiger partial charge >= 0.3 is 12.1 Å². The third kappa shape index (κ3) is 7.68. The van der Waals surface area contributed by atoms with Gasteiger partial charge in [-0.15, -0.1) is 0 Å². The van der Waals surface area contributed by atoms with E-state index in [2.05, 4.69) is 5.32 Å². The fraction of sp³-hybridized carbons (Fsp3) is 0.364. The first-order valence-electron chi connectivity index (χ1n) is 10.1. The smallest absolute Gasteiger partial charge is 0.407 e. The largest absolute Gasteiger partial charge is 0.481 e. The molecule has 180 valence electrons. The summed E-state index contributed by atoms with van der Waals surface area (Å²) in [5.74, 6) is -3.60. The molecule has 0 aliphatic carbocycles. The van der Waals surface area contributed by atoms with E-state index in [1.807, 2.05) is 0 Å². The molecule has 0 aromatic heterocycles. The summed E-state index contributed by atoms with van der Waals surface area (Å²) < 4.78 is 60.2. The highest BCUT2D eigenvalue weighted by Crippen LogP contribution is 2.37. The fourth-order valence-corrected chi connectivity index (χ4v) is 5.36. The molecule has 11 heteroatoms. The van der Waals surface area contributed by atoms with Crippen molar-refractivity contribution in [1.29, 1.82) is 0 Å². The minimum Gasteiger partial charge on any atom is -0.481 e. The van der Waals surface area contributed by atoms with Crippen molar-refractivity contribution in [3.8, 4) is 0 Å². The molecule has 33 heavy (non-hydrogen) atoms. The molecule has 2 rings (SSSR count). The monoisotopic (exact) mass is 503 g/mol. The van der Waals surface area contributed by atoms with Crippen molar-refractivity contribution in [3.05, 3.63) is 64.7 Å². The van der Waals surface area contributed by atoms with E-state index in [0.717, 1.165) is 18.2 Å². The molecule has 0 bridgehead atoms. The lowest BCUT2D eigenvalue weighted by atomic mass is 10.0. The van der Waals surface area contributed by atoms with Crippen molar-refractivity contribution in [2.24, 2.45) is 5.92 Å². The van der Waals surface area contributed by atoms with Crippen molar-refractivity contribution in [1.82, 2.24) is 5.32 Å². The van der Waals surface area contributed by atoms with Crippen molar-refractivity contribution in [2.75, 3.05) is 13.2 Å². The Kier molecular flexibility index (Phi) is 9.60. The van der Waals surface area contributed by atoms with E-state index in [4.69, 9.17) is 21.4 Å². The van der Waals surface area contributed by atoms with E-state index in [0.29, 0.717) is 17.9 Å². The summed E-state index contributed by atoms with van der Waals surface area (Å²) in [6, 6.07) is 7.79. The van der Waals surface area contributed by atoms with Gasteiger partial charge in [0.1, 0.15) is 11.6 Å². The number of hydrogen-bond donors (Lipinski definition) is 2. The number of benzene rings is 2. The standard InChI is InChI=1S/C22H24ClF2NO6S/c1-14(13-32-22(29)26-11-3-2-4-20(27)28)21(18-12-16(24)7-10-19(18)25)33(30,31)17-8-5-15(23)6-9-17/h5-10,12,14,21H,2-4,11,13H2,1H3,(H,26,29)(H,27,28)/t14-,21+/m1/s1. The van der Waals surface area contributed by atoms with Crippen LogP contribution in [-0.4, -0.2) is 38.7 Å². The Bertz CT molecular complexity index is 1080. The van der Waals surface area contributed by atoms with Gasteiger partial charge in [0.15, 0.2) is 9.84 Å².